The normalized spacial score (nSPS) is 10.1. The van der Waals surface area contributed by atoms with E-state index in [1.165, 1.54) is 0 Å². The van der Waals surface area contributed by atoms with Crippen LogP contribution in [0.2, 0.25) is 0 Å². The molecule has 0 unspecified atom stereocenters. The average Bonchev–Trinajstić information content (AvgIpc) is 2.83. The number of aliphatic hydroxyl groups excluding tert-OH is 1. The molecule has 0 aliphatic carbocycles. The van der Waals surface area contributed by atoms with Crippen LogP contribution in [-0.4, -0.2) is 27.8 Å². The molecule has 1 amide bonds. The molecule has 2 aromatic rings. The number of aromatic nitrogens is 2. The minimum absolute atomic E-state index is 0.438. The van der Waals surface area contributed by atoms with Gasteiger partial charge in [0.15, 0.2) is 0 Å². The quantitative estimate of drug-likeness (QED) is 0.717. The summed E-state index contributed by atoms with van der Waals surface area (Å²) in [7, 11) is 0. The van der Waals surface area contributed by atoms with E-state index < -0.39 is 12.5 Å². The van der Waals surface area contributed by atoms with E-state index in [9.17, 15) is 4.79 Å². The first kappa shape index (κ1) is 10.4. The first-order valence-electron chi connectivity index (χ1n) is 4.81. The van der Waals surface area contributed by atoms with Crippen molar-refractivity contribution in [3.8, 4) is 11.3 Å². The molecule has 1 aromatic carbocycles. The molecule has 0 bridgehead atoms. The summed E-state index contributed by atoms with van der Waals surface area (Å²) >= 11 is 0. The molecule has 1 heterocycles. The Morgan fingerprint density at radius 3 is 2.88 bits per heavy atom. The first-order valence-corrected chi connectivity index (χ1v) is 4.81. The number of benzene rings is 1. The second-order valence-corrected chi connectivity index (χ2v) is 3.22. The van der Waals surface area contributed by atoms with Crippen molar-refractivity contribution in [3.05, 3.63) is 36.5 Å². The van der Waals surface area contributed by atoms with Crippen molar-refractivity contribution in [1.82, 2.24) is 10.2 Å². The van der Waals surface area contributed by atoms with Crippen LogP contribution in [0.4, 0.5) is 5.69 Å². The molecule has 5 heteroatoms. The van der Waals surface area contributed by atoms with Gasteiger partial charge in [0.05, 0.1) is 11.4 Å². The Morgan fingerprint density at radius 2 is 2.19 bits per heavy atom. The minimum atomic E-state index is -0.530. The lowest BCUT2D eigenvalue weighted by Crippen LogP contribution is -2.15. The molecular weight excluding hydrogens is 206 g/mol. The van der Waals surface area contributed by atoms with E-state index in [1.807, 2.05) is 24.3 Å². The standard InChI is InChI=1S/C11H11N3O2/c15-7-11(16)13-9-4-2-1-3-8(9)10-5-6-12-14-10/h1-6,15H,7H2,(H,12,14)(H,13,16). The van der Waals surface area contributed by atoms with Crippen molar-refractivity contribution in [3.63, 3.8) is 0 Å². The Bertz CT molecular complexity index is 480. The van der Waals surface area contributed by atoms with Crippen LogP contribution in [0, 0.1) is 0 Å². The van der Waals surface area contributed by atoms with Gasteiger partial charge in [-0.15, -0.1) is 0 Å². The van der Waals surface area contributed by atoms with Crippen LogP contribution >= 0.6 is 0 Å². The van der Waals surface area contributed by atoms with E-state index in [0.717, 1.165) is 11.3 Å². The first-order chi connectivity index (χ1) is 7.81. The number of hydrogen-bond donors (Lipinski definition) is 3. The number of aromatic amines is 1. The van der Waals surface area contributed by atoms with Crippen molar-refractivity contribution >= 4 is 11.6 Å². The van der Waals surface area contributed by atoms with Gasteiger partial charge < -0.3 is 10.4 Å². The van der Waals surface area contributed by atoms with Gasteiger partial charge in [0.2, 0.25) is 5.91 Å². The van der Waals surface area contributed by atoms with Gasteiger partial charge in [-0.25, -0.2) is 0 Å². The van der Waals surface area contributed by atoms with Gasteiger partial charge >= 0.3 is 0 Å². The summed E-state index contributed by atoms with van der Waals surface area (Å²) < 4.78 is 0. The van der Waals surface area contributed by atoms with Crippen LogP contribution in [0.5, 0.6) is 0 Å². The minimum Gasteiger partial charge on any atom is -0.387 e. The lowest BCUT2D eigenvalue weighted by Gasteiger charge is -2.08. The number of anilines is 1. The Hall–Kier alpha value is -2.14. The molecule has 0 spiro atoms. The van der Waals surface area contributed by atoms with Crippen LogP contribution in [0.25, 0.3) is 11.3 Å². The summed E-state index contributed by atoms with van der Waals surface area (Å²) in [4.78, 5) is 11.1. The van der Waals surface area contributed by atoms with Gasteiger partial charge in [0.25, 0.3) is 0 Å². The summed E-state index contributed by atoms with van der Waals surface area (Å²) in [6, 6.07) is 9.12. The molecule has 82 valence electrons. The van der Waals surface area contributed by atoms with Gasteiger partial charge in [-0.1, -0.05) is 18.2 Å². The zero-order valence-electron chi connectivity index (χ0n) is 8.47. The molecule has 3 N–H and O–H groups in total. The van der Waals surface area contributed by atoms with E-state index in [0.29, 0.717) is 5.69 Å². The smallest absolute Gasteiger partial charge is 0.250 e. The highest BCUT2D eigenvalue weighted by molar-refractivity contribution is 5.95. The monoisotopic (exact) mass is 217 g/mol. The number of nitrogens with zero attached hydrogens (tertiary/aromatic N) is 1. The highest BCUT2D eigenvalue weighted by Crippen LogP contribution is 2.25. The number of rotatable bonds is 3. The molecule has 0 saturated heterocycles. The third-order valence-electron chi connectivity index (χ3n) is 2.14. The van der Waals surface area contributed by atoms with Crippen LogP contribution < -0.4 is 5.32 Å². The second-order valence-electron chi connectivity index (χ2n) is 3.22. The van der Waals surface area contributed by atoms with E-state index in [1.54, 1.807) is 12.3 Å². The van der Waals surface area contributed by atoms with Crippen LogP contribution in [0.15, 0.2) is 36.5 Å². The van der Waals surface area contributed by atoms with Crippen molar-refractivity contribution in [2.75, 3.05) is 11.9 Å². The lowest BCUT2D eigenvalue weighted by atomic mass is 10.1. The number of H-pyrrole nitrogens is 1. The predicted molar refractivity (Wildman–Crippen MR) is 59.7 cm³/mol. The zero-order chi connectivity index (χ0) is 11.4. The largest absolute Gasteiger partial charge is 0.387 e. The molecule has 0 fully saturated rings. The average molecular weight is 217 g/mol. The van der Waals surface area contributed by atoms with Crippen LogP contribution in [0.3, 0.4) is 0 Å². The fraction of sp³-hybridized carbons (Fsp3) is 0.0909. The molecule has 0 aliphatic heterocycles. The van der Waals surface area contributed by atoms with Gasteiger partial charge in [-0.05, 0) is 12.1 Å². The second kappa shape index (κ2) is 4.59. The summed E-state index contributed by atoms with van der Waals surface area (Å²) in [5.41, 5.74) is 2.29. The number of para-hydroxylation sites is 1. The SMILES string of the molecule is O=C(CO)Nc1ccccc1-c1ccn[nH]1. The topological polar surface area (TPSA) is 78.0 Å². The Labute approximate surface area is 92.1 Å². The molecule has 0 radical (unpaired) electrons. The Balaban J connectivity index is 2.35. The predicted octanol–water partition coefficient (Wildman–Crippen LogP) is 1.01. The van der Waals surface area contributed by atoms with Crippen molar-refractivity contribution in [2.45, 2.75) is 0 Å². The van der Waals surface area contributed by atoms with E-state index in [-0.39, 0.29) is 0 Å². The zero-order valence-corrected chi connectivity index (χ0v) is 8.47. The van der Waals surface area contributed by atoms with E-state index >= 15 is 0 Å². The fourth-order valence-corrected chi connectivity index (χ4v) is 1.42. The van der Waals surface area contributed by atoms with E-state index in [2.05, 4.69) is 15.5 Å². The maximum Gasteiger partial charge on any atom is 0.250 e. The molecule has 0 aliphatic rings. The lowest BCUT2D eigenvalue weighted by molar-refractivity contribution is -0.118. The molecule has 0 saturated carbocycles. The van der Waals surface area contributed by atoms with Gasteiger partial charge in [0.1, 0.15) is 6.61 Å². The summed E-state index contributed by atoms with van der Waals surface area (Å²) in [6.45, 7) is -0.530. The van der Waals surface area contributed by atoms with Gasteiger partial charge in [-0.2, -0.15) is 5.10 Å². The van der Waals surface area contributed by atoms with Crippen molar-refractivity contribution in [2.24, 2.45) is 0 Å². The molecule has 16 heavy (non-hydrogen) atoms. The molecule has 2 rings (SSSR count). The number of hydrogen-bond acceptors (Lipinski definition) is 3. The number of nitrogens with one attached hydrogen (secondary N) is 2. The van der Waals surface area contributed by atoms with Crippen molar-refractivity contribution < 1.29 is 9.90 Å². The van der Waals surface area contributed by atoms with Crippen molar-refractivity contribution in [1.29, 1.82) is 0 Å². The molecule has 1 aromatic heterocycles. The summed E-state index contributed by atoms with van der Waals surface area (Å²) in [6.07, 6.45) is 1.64. The number of amides is 1. The highest BCUT2D eigenvalue weighted by Gasteiger charge is 2.07. The molecular formula is C11H11N3O2. The number of carbonyl (C=O) groups is 1. The van der Waals surface area contributed by atoms with Crippen LogP contribution in [-0.2, 0) is 4.79 Å². The third kappa shape index (κ3) is 2.09. The third-order valence-corrected chi connectivity index (χ3v) is 2.14. The Morgan fingerprint density at radius 1 is 1.38 bits per heavy atom. The van der Waals surface area contributed by atoms with Gasteiger partial charge in [-0.3, -0.25) is 9.89 Å². The summed E-state index contributed by atoms with van der Waals surface area (Å²) in [5, 5.41) is 18.0. The molecule has 5 nitrogen and oxygen atoms in total. The van der Waals surface area contributed by atoms with E-state index in [4.69, 9.17) is 5.11 Å². The number of aliphatic hydroxyl groups is 1. The molecule has 0 atom stereocenters. The fourth-order valence-electron chi connectivity index (χ4n) is 1.42. The number of carbonyl (C=O) groups excluding carboxylic acids is 1. The maximum atomic E-state index is 11.1. The van der Waals surface area contributed by atoms with Gasteiger partial charge in [0, 0.05) is 11.8 Å². The highest BCUT2D eigenvalue weighted by atomic mass is 16.3. The summed E-state index contributed by atoms with van der Waals surface area (Å²) in [5.74, 6) is -0.438. The maximum absolute atomic E-state index is 11.1. The van der Waals surface area contributed by atoms with Crippen LogP contribution in [0.1, 0.15) is 0 Å². The Kier molecular flexibility index (Phi) is 2.98.